The van der Waals surface area contributed by atoms with Crippen LogP contribution in [0.3, 0.4) is 0 Å². The van der Waals surface area contributed by atoms with Gasteiger partial charge in [-0.25, -0.2) is 0 Å². The summed E-state index contributed by atoms with van der Waals surface area (Å²) in [4.78, 5) is 0. The van der Waals surface area contributed by atoms with Gasteiger partial charge in [-0.3, -0.25) is 0 Å². The van der Waals surface area contributed by atoms with E-state index in [1.54, 1.807) is 7.11 Å². The SMILES string of the molecule is COc1ccc2c(c1)OC(C)(C1(C)CC1)CC2O. The second-order valence-electron chi connectivity index (χ2n) is 6.02. The van der Waals surface area contributed by atoms with Gasteiger partial charge in [-0.1, -0.05) is 6.92 Å². The van der Waals surface area contributed by atoms with E-state index in [1.165, 1.54) is 12.8 Å². The van der Waals surface area contributed by atoms with Crippen molar-refractivity contribution < 1.29 is 14.6 Å². The number of ether oxygens (including phenoxy) is 2. The van der Waals surface area contributed by atoms with Crippen molar-refractivity contribution in [2.45, 2.75) is 44.8 Å². The first-order valence-corrected chi connectivity index (χ1v) is 6.52. The average molecular weight is 248 g/mol. The Kier molecular flexibility index (Phi) is 2.39. The summed E-state index contributed by atoms with van der Waals surface area (Å²) in [5.74, 6) is 1.54. The number of benzene rings is 1. The van der Waals surface area contributed by atoms with Gasteiger partial charge in [0.25, 0.3) is 0 Å². The Balaban J connectivity index is 2.00. The molecular weight excluding hydrogens is 228 g/mol. The van der Waals surface area contributed by atoms with Crippen LogP contribution in [0.4, 0.5) is 0 Å². The topological polar surface area (TPSA) is 38.7 Å². The van der Waals surface area contributed by atoms with Crippen molar-refractivity contribution in [1.82, 2.24) is 0 Å². The summed E-state index contributed by atoms with van der Waals surface area (Å²) in [7, 11) is 1.64. The van der Waals surface area contributed by atoms with Crippen LogP contribution in [0.25, 0.3) is 0 Å². The third-order valence-electron chi connectivity index (χ3n) is 4.77. The molecular formula is C15H20O3. The molecule has 1 aliphatic carbocycles. The predicted octanol–water partition coefficient (Wildman–Crippen LogP) is 3.07. The fourth-order valence-electron chi connectivity index (χ4n) is 2.85. The number of fused-ring (bicyclic) bond motifs is 1. The van der Waals surface area contributed by atoms with E-state index in [-0.39, 0.29) is 11.0 Å². The molecule has 98 valence electrons. The molecule has 1 N–H and O–H groups in total. The Bertz CT molecular complexity index is 479. The number of aliphatic hydroxyl groups excluding tert-OH is 1. The smallest absolute Gasteiger partial charge is 0.129 e. The summed E-state index contributed by atoms with van der Waals surface area (Å²) in [6.45, 7) is 4.36. The maximum Gasteiger partial charge on any atom is 0.129 e. The molecule has 18 heavy (non-hydrogen) atoms. The molecule has 0 aromatic heterocycles. The molecule has 1 heterocycles. The Hall–Kier alpha value is -1.22. The zero-order valence-electron chi connectivity index (χ0n) is 11.2. The Labute approximate surface area is 108 Å². The van der Waals surface area contributed by atoms with E-state index in [9.17, 15) is 5.11 Å². The first kappa shape index (κ1) is 11.8. The van der Waals surface area contributed by atoms with Gasteiger partial charge in [0.15, 0.2) is 0 Å². The molecule has 0 saturated heterocycles. The third-order valence-corrected chi connectivity index (χ3v) is 4.77. The molecule has 1 fully saturated rings. The molecule has 3 rings (SSSR count). The molecule has 3 nitrogen and oxygen atoms in total. The number of rotatable bonds is 2. The lowest BCUT2D eigenvalue weighted by molar-refractivity contribution is -0.0473. The zero-order chi connectivity index (χ0) is 13.0. The van der Waals surface area contributed by atoms with E-state index < -0.39 is 6.10 Å². The second-order valence-corrected chi connectivity index (χ2v) is 6.02. The molecule has 0 amide bonds. The van der Waals surface area contributed by atoms with Crippen LogP contribution in [0.5, 0.6) is 11.5 Å². The quantitative estimate of drug-likeness (QED) is 0.874. The summed E-state index contributed by atoms with van der Waals surface area (Å²) in [5, 5.41) is 10.3. The van der Waals surface area contributed by atoms with E-state index >= 15 is 0 Å². The van der Waals surface area contributed by atoms with Gasteiger partial charge in [0.2, 0.25) is 0 Å². The lowest BCUT2D eigenvalue weighted by Gasteiger charge is -2.42. The van der Waals surface area contributed by atoms with Gasteiger partial charge in [0.1, 0.15) is 17.1 Å². The van der Waals surface area contributed by atoms with Gasteiger partial charge in [0, 0.05) is 23.5 Å². The maximum absolute atomic E-state index is 10.3. The summed E-state index contributed by atoms with van der Waals surface area (Å²) in [6, 6.07) is 5.64. The van der Waals surface area contributed by atoms with E-state index in [0.717, 1.165) is 17.1 Å². The highest BCUT2D eigenvalue weighted by molar-refractivity contribution is 5.44. The van der Waals surface area contributed by atoms with Crippen molar-refractivity contribution in [3.8, 4) is 11.5 Å². The molecule has 2 atom stereocenters. The van der Waals surface area contributed by atoms with Crippen molar-refractivity contribution in [3.63, 3.8) is 0 Å². The van der Waals surface area contributed by atoms with Crippen LogP contribution >= 0.6 is 0 Å². The zero-order valence-corrected chi connectivity index (χ0v) is 11.2. The minimum absolute atomic E-state index is 0.203. The van der Waals surface area contributed by atoms with E-state index in [1.807, 2.05) is 18.2 Å². The highest BCUT2D eigenvalue weighted by atomic mass is 16.5. The monoisotopic (exact) mass is 248 g/mol. The minimum Gasteiger partial charge on any atom is -0.497 e. The fourth-order valence-corrected chi connectivity index (χ4v) is 2.85. The van der Waals surface area contributed by atoms with Crippen LogP contribution in [0.15, 0.2) is 18.2 Å². The molecule has 3 heteroatoms. The number of aliphatic hydroxyl groups is 1. The van der Waals surface area contributed by atoms with Gasteiger partial charge >= 0.3 is 0 Å². The molecule has 2 aliphatic rings. The molecule has 2 unspecified atom stereocenters. The predicted molar refractivity (Wildman–Crippen MR) is 68.9 cm³/mol. The van der Waals surface area contributed by atoms with Crippen LogP contribution in [-0.2, 0) is 0 Å². The summed E-state index contributed by atoms with van der Waals surface area (Å²) >= 11 is 0. The number of methoxy groups -OCH3 is 1. The molecule has 1 saturated carbocycles. The fraction of sp³-hybridized carbons (Fsp3) is 0.600. The molecule has 0 spiro atoms. The van der Waals surface area contributed by atoms with Crippen molar-refractivity contribution in [2.75, 3.05) is 7.11 Å². The van der Waals surface area contributed by atoms with E-state index in [2.05, 4.69) is 13.8 Å². The van der Waals surface area contributed by atoms with Gasteiger partial charge in [-0.2, -0.15) is 0 Å². The summed E-state index contributed by atoms with van der Waals surface area (Å²) in [5.41, 5.74) is 0.804. The molecule has 1 aliphatic heterocycles. The van der Waals surface area contributed by atoms with Gasteiger partial charge < -0.3 is 14.6 Å². The summed E-state index contributed by atoms with van der Waals surface area (Å²) in [6.07, 6.45) is 2.58. The van der Waals surface area contributed by atoms with Gasteiger partial charge in [-0.15, -0.1) is 0 Å². The second kappa shape index (κ2) is 3.64. The van der Waals surface area contributed by atoms with Crippen LogP contribution in [-0.4, -0.2) is 17.8 Å². The Morgan fingerprint density at radius 3 is 2.67 bits per heavy atom. The van der Waals surface area contributed by atoms with Gasteiger partial charge in [0.05, 0.1) is 13.2 Å². The van der Waals surface area contributed by atoms with Crippen LogP contribution < -0.4 is 9.47 Å². The molecule has 1 aromatic rings. The highest BCUT2D eigenvalue weighted by Gasteiger charge is 2.57. The van der Waals surface area contributed by atoms with E-state index in [0.29, 0.717) is 6.42 Å². The third kappa shape index (κ3) is 1.61. The maximum atomic E-state index is 10.3. The normalized spacial score (nSPS) is 32.3. The lowest BCUT2D eigenvalue weighted by Crippen LogP contribution is -2.45. The number of hydrogen-bond donors (Lipinski definition) is 1. The van der Waals surface area contributed by atoms with Crippen LogP contribution in [0.2, 0.25) is 0 Å². The van der Waals surface area contributed by atoms with Gasteiger partial charge in [-0.05, 0) is 31.9 Å². The molecule has 0 radical (unpaired) electrons. The molecule has 1 aromatic carbocycles. The summed E-state index contributed by atoms with van der Waals surface area (Å²) < 4.78 is 11.4. The van der Waals surface area contributed by atoms with Crippen molar-refractivity contribution >= 4 is 0 Å². The highest BCUT2D eigenvalue weighted by Crippen LogP contribution is 2.59. The number of hydrogen-bond acceptors (Lipinski definition) is 3. The van der Waals surface area contributed by atoms with E-state index in [4.69, 9.17) is 9.47 Å². The van der Waals surface area contributed by atoms with Crippen molar-refractivity contribution in [3.05, 3.63) is 23.8 Å². The van der Waals surface area contributed by atoms with Crippen molar-refractivity contribution in [2.24, 2.45) is 5.41 Å². The first-order valence-electron chi connectivity index (χ1n) is 6.52. The first-order chi connectivity index (χ1) is 8.47. The van der Waals surface area contributed by atoms with Crippen LogP contribution in [0.1, 0.15) is 44.8 Å². The molecule has 0 bridgehead atoms. The average Bonchev–Trinajstić information content (AvgIpc) is 3.08. The van der Waals surface area contributed by atoms with Crippen molar-refractivity contribution in [1.29, 1.82) is 0 Å². The minimum atomic E-state index is -0.443. The Morgan fingerprint density at radius 2 is 2.06 bits per heavy atom. The Morgan fingerprint density at radius 1 is 1.33 bits per heavy atom. The largest absolute Gasteiger partial charge is 0.497 e. The standard InChI is InChI=1S/C15H20O3/c1-14(6-7-14)15(2)9-12(16)11-5-4-10(17-3)8-13(11)18-15/h4-5,8,12,16H,6-7,9H2,1-3H3. The van der Waals surface area contributed by atoms with Crippen LogP contribution in [0, 0.1) is 5.41 Å². The lowest BCUT2D eigenvalue weighted by atomic mass is 9.79.